The summed E-state index contributed by atoms with van der Waals surface area (Å²) in [4.78, 5) is 27.3. The molecule has 2 N–H and O–H groups in total. The molecule has 0 aromatic carbocycles. The smallest absolute Gasteiger partial charge is 0.238 e. The minimum atomic E-state index is -0.129. The zero-order valence-electron chi connectivity index (χ0n) is 11.7. The van der Waals surface area contributed by atoms with Crippen LogP contribution in [-0.2, 0) is 9.59 Å². The molecule has 104 valence electrons. The molecule has 1 heterocycles. The number of likely N-dealkylation sites (N-methyl/N-ethyl adjacent to an activating group) is 2. The molecule has 0 aromatic rings. The Morgan fingerprint density at radius 3 is 2.50 bits per heavy atom. The molecule has 0 aromatic heterocycles. The Labute approximate surface area is 109 Å². The van der Waals surface area contributed by atoms with Crippen molar-refractivity contribution in [2.24, 2.45) is 0 Å². The predicted molar refractivity (Wildman–Crippen MR) is 70.2 cm³/mol. The van der Waals surface area contributed by atoms with Crippen LogP contribution in [0.4, 0.5) is 0 Å². The van der Waals surface area contributed by atoms with Crippen molar-refractivity contribution in [1.82, 2.24) is 20.4 Å². The number of nitrogens with one attached hydrogen (secondary N) is 2. The molecule has 18 heavy (non-hydrogen) atoms. The highest BCUT2D eigenvalue weighted by molar-refractivity contribution is 5.83. The van der Waals surface area contributed by atoms with Crippen LogP contribution in [0, 0.1) is 0 Å². The third kappa shape index (κ3) is 3.96. The Bertz CT molecular complexity index is 308. The van der Waals surface area contributed by atoms with E-state index in [2.05, 4.69) is 27.4 Å². The van der Waals surface area contributed by atoms with Crippen LogP contribution in [0.1, 0.15) is 13.3 Å². The Morgan fingerprint density at radius 2 is 1.89 bits per heavy atom. The summed E-state index contributed by atoms with van der Waals surface area (Å²) in [5.41, 5.74) is 0. The molecule has 6 nitrogen and oxygen atoms in total. The van der Waals surface area contributed by atoms with Gasteiger partial charge in [0.2, 0.25) is 11.8 Å². The monoisotopic (exact) mass is 263 g/mol. The number of hydrogen-bond donors (Lipinski definition) is 2. The van der Waals surface area contributed by atoms with Crippen LogP contribution in [-0.4, -0.2) is 74.5 Å². The van der Waals surface area contributed by atoms with Crippen molar-refractivity contribution in [3.8, 4) is 0 Å². The van der Waals surface area contributed by atoms with Crippen molar-refractivity contribution in [3.05, 3.63) is 0 Å². The second kappa shape index (κ2) is 6.70. The first kappa shape index (κ1) is 14.9. The number of amides is 2. The van der Waals surface area contributed by atoms with Crippen LogP contribution in [0.15, 0.2) is 0 Å². The Balaban J connectivity index is 2.39. The highest BCUT2D eigenvalue weighted by atomic mass is 16.2. The zero-order chi connectivity index (χ0) is 13.7. The van der Waals surface area contributed by atoms with Crippen molar-refractivity contribution in [2.45, 2.75) is 25.4 Å². The van der Waals surface area contributed by atoms with E-state index in [9.17, 15) is 9.59 Å². The number of rotatable bonds is 4. The summed E-state index contributed by atoms with van der Waals surface area (Å²) in [6, 6.07) is 0.334. The second-order valence-corrected chi connectivity index (χ2v) is 4.96. The average Bonchev–Trinajstić information content (AvgIpc) is 2.33. The molecule has 1 aliphatic heterocycles. The average molecular weight is 263 g/mol. The molecule has 1 fully saturated rings. The molecule has 1 rings (SSSR count). The number of piperazine rings is 1. The molecule has 0 saturated carbocycles. The first-order chi connectivity index (χ1) is 8.45. The lowest BCUT2D eigenvalue weighted by molar-refractivity contribution is -0.128. The molecule has 0 radical (unpaired) electrons. The quantitative estimate of drug-likeness (QED) is 0.498. The lowest BCUT2D eigenvalue weighted by Crippen LogP contribution is -2.59. The minimum absolute atomic E-state index is 0.000142. The summed E-state index contributed by atoms with van der Waals surface area (Å²) in [6.07, 6.45) is 0.324. The van der Waals surface area contributed by atoms with E-state index in [-0.39, 0.29) is 17.9 Å². The highest BCUT2D eigenvalue weighted by Gasteiger charge is 2.31. The number of nitrogens with zero attached hydrogens (tertiary/aromatic N) is 2. The van der Waals surface area contributed by atoms with Crippen molar-refractivity contribution >= 4 is 11.8 Å². The van der Waals surface area contributed by atoms with E-state index in [0.29, 0.717) is 19.0 Å². The van der Waals surface area contributed by atoms with E-state index in [1.54, 1.807) is 7.05 Å². The molecular weight excluding hydrogens is 239 g/mol. The van der Waals surface area contributed by atoms with E-state index in [0.717, 1.165) is 13.1 Å². The molecule has 6 heteroatoms. The third-order valence-electron chi connectivity index (χ3n) is 3.53. The molecule has 0 spiro atoms. The first-order valence-corrected chi connectivity index (χ1v) is 6.34. The van der Waals surface area contributed by atoms with Crippen molar-refractivity contribution in [1.29, 1.82) is 0 Å². The van der Waals surface area contributed by atoms with Gasteiger partial charge in [0.25, 0.3) is 0 Å². The molecule has 0 aliphatic carbocycles. The van der Waals surface area contributed by atoms with Gasteiger partial charge in [0, 0.05) is 39.1 Å². The first-order valence-electron chi connectivity index (χ1n) is 6.34. The van der Waals surface area contributed by atoms with Crippen molar-refractivity contribution in [3.63, 3.8) is 0 Å². The van der Waals surface area contributed by atoms with Gasteiger partial charge in [-0.2, -0.15) is 0 Å². The van der Waals surface area contributed by atoms with Crippen LogP contribution in [0.25, 0.3) is 0 Å². The Kier molecular flexibility index (Phi) is 5.55. The lowest BCUT2D eigenvalue weighted by atomic mass is 10.2. The van der Waals surface area contributed by atoms with Gasteiger partial charge in [0.15, 0.2) is 0 Å². The van der Waals surface area contributed by atoms with E-state index >= 15 is 0 Å². The maximum Gasteiger partial charge on any atom is 0.238 e. The maximum absolute atomic E-state index is 12.0. The van der Waals surface area contributed by atoms with Crippen LogP contribution in [0.2, 0.25) is 0 Å². The van der Waals surface area contributed by atoms with E-state index in [4.69, 9.17) is 0 Å². The summed E-state index contributed by atoms with van der Waals surface area (Å²) in [5, 5.41) is 5.35. The summed E-state index contributed by atoms with van der Waals surface area (Å²) >= 11 is 0. The fourth-order valence-electron chi connectivity index (χ4n) is 2.10. The van der Waals surface area contributed by atoms with Gasteiger partial charge in [0.1, 0.15) is 6.04 Å². The van der Waals surface area contributed by atoms with E-state index < -0.39 is 0 Å². The summed E-state index contributed by atoms with van der Waals surface area (Å²) in [6.45, 7) is 4.14. The van der Waals surface area contributed by atoms with Crippen LogP contribution in [0.3, 0.4) is 0 Å². The normalized spacial score (nSPS) is 25.8. The summed E-state index contributed by atoms with van der Waals surface area (Å²) < 4.78 is 0. The molecule has 1 aliphatic rings. The topological polar surface area (TPSA) is 64.7 Å². The zero-order valence-corrected chi connectivity index (χ0v) is 11.7. The third-order valence-corrected chi connectivity index (χ3v) is 3.53. The molecule has 1 saturated heterocycles. The number of hydrogen-bond acceptors (Lipinski definition) is 4. The molecule has 0 bridgehead atoms. The van der Waals surface area contributed by atoms with Crippen LogP contribution < -0.4 is 10.6 Å². The predicted octanol–water partition coefficient (Wildman–Crippen LogP) is -1.13. The van der Waals surface area contributed by atoms with Gasteiger partial charge in [-0.05, 0) is 21.0 Å². The number of carbonyl (C=O) groups is 2. The van der Waals surface area contributed by atoms with Crippen molar-refractivity contribution < 1.29 is 9.59 Å². The summed E-state index contributed by atoms with van der Waals surface area (Å²) in [7, 11) is 5.59. The second-order valence-electron chi connectivity index (χ2n) is 4.96. The van der Waals surface area contributed by atoms with Crippen LogP contribution in [0.5, 0.6) is 0 Å². The van der Waals surface area contributed by atoms with E-state index in [1.807, 2.05) is 14.1 Å². The highest BCUT2D eigenvalue weighted by Crippen LogP contribution is 2.11. The van der Waals surface area contributed by atoms with Gasteiger partial charge in [-0.15, -0.1) is 0 Å². The van der Waals surface area contributed by atoms with Gasteiger partial charge in [0.05, 0.1) is 0 Å². The van der Waals surface area contributed by atoms with Gasteiger partial charge >= 0.3 is 0 Å². The Hall–Kier alpha value is -1.14. The Morgan fingerprint density at radius 1 is 1.22 bits per heavy atom. The van der Waals surface area contributed by atoms with Gasteiger partial charge in [-0.25, -0.2) is 0 Å². The standard InChI is InChI=1S/C12H24N4O2/c1-9-7-16(4)10(8-15(9)3)12(18)14-6-5-11(17)13-2/h9-10H,5-8H2,1-4H3,(H,13,17)(H,14,18)/i2+1,3+1,4+1,7+1,13+1,15+1,16+1. The number of carbonyl (C=O) groups excluding carboxylic acids is 2. The minimum Gasteiger partial charge on any atom is -0.359 e. The molecule has 2 atom stereocenters. The fraction of sp³-hybridized carbons (Fsp3) is 0.833. The van der Waals surface area contributed by atoms with Crippen molar-refractivity contribution in [2.75, 3.05) is 40.8 Å². The van der Waals surface area contributed by atoms with E-state index in [1.165, 1.54) is 0 Å². The lowest BCUT2D eigenvalue weighted by Gasteiger charge is -2.41. The molecular formula is C12H24N4O2. The van der Waals surface area contributed by atoms with Gasteiger partial charge < -0.3 is 15.5 Å². The molecule has 2 unspecified atom stereocenters. The summed E-state index contributed by atoms with van der Waals surface area (Å²) in [5.74, 6) is -0.0572. The fourth-order valence-corrected chi connectivity index (χ4v) is 2.10. The SMILES string of the molecule is CC1[13CH2][15N]([13CH3])C(C(=O)NCCC(=O)[15NH][13CH3])C[15N]1[13CH3]. The largest absolute Gasteiger partial charge is 0.359 e. The maximum atomic E-state index is 12.0. The van der Waals surface area contributed by atoms with Gasteiger partial charge in [-0.1, -0.05) is 0 Å². The van der Waals surface area contributed by atoms with Gasteiger partial charge in [-0.3, -0.25) is 14.5 Å². The van der Waals surface area contributed by atoms with Crippen LogP contribution >= 0.6 is 0 Å². The molecule has 2 amide bonds.